The molecule has 2 unspecified atom stereocenters. The molecule has 0 heterocycles. The van der Waals surface area contributed by atoms with Gasteiger partial charge in [-0.05, 0) is 25.7 Å². The topological polar surface area (TPSA) is 46.5 Å². The van der Waals surface area contributed by atoms with Gasteiger partial charge < -0.3 is 9.84 Å². The number of ether oxygens (including phenoxy) is 1. The zero-order valence-corrected chi connectivity index (χ0v) is 11.2. The van der Waals surface area contributed by atoms with Gasteiger partial charge in [0.2, 0.25) is 0 Å². The number of halogens is 1. The molecular weight excluding hydrogens is 216 g/mol. The van der Waals surface area contributed by atoms with E-state index in [0.29, 0.717) is 11.8 Å². The van der Waals surface area contributed by atoms with Gasteiger partial charge in [-0.2, -0.15) is 0 Å². The first-order valence-corrected chi connectivity index (χ1v) is 5.60. The van der Waals surface area contributed by atoms with Gasteiger partial charge in [0.05, 0.1) is 6.10 Å². The van der Waals surface area contributed by atoms with Crippen molar-refractivity contribution in [2.75, 3.05) is 0 Å². The maximum atomic E-state index is 10.1. The van der Waals surface area contributed by atoms with Crippen LogP contribution in [-0.2, 0) is 4.74 Å². The van der Waals surface area contributed by atoms with Crippen molar-refractivity contribution in [3.05, 3.63) is 0 Å². The molecule has 0 rings (SSSR count). The summed E-state index contributed by atoms with van der Waals surface area (Å²) in [6.07, 6.45) is -0.236. The quantitative estimate of drug-likeness (QED) is 0.767. The van der Waals surface area contributed by atoms with Crippen LogP contribution < -0.4 is 0 Å². The summed E-state index contributed by atoms with van der Waals surface area (Å²) in [7, 11) is 0. The van der Waals surface area contributed by atoms with E-state index in [1.54, 1.807) is 6.92 Å². The average molecular weight is 239 g/mol. The lowest BCUT2D eigenvalue weighted by atomic mass is 10.1. The van der Waals surface area contributed by atoms with Crippen molar-refractivity contribution in [2.24, 2.45) is 11.8 Å². The lowest BCUT2D eigenvalue weighted by Gasteiger charge is -2.13. The number of carbonyl (C=O) groups excluding carboxylic acids is 1. The molecule has 0 saturated heterocycles. The third kappa shape index (κ3) is 13.7. The second kappa shape index (κ2) is 8.98. The SMILES string of the molecule is CC(C)C(C)O.CC(C)C(C)OC(=O)Cl. The van der Waals surface area contributed by atoms with Crippen LogP contribution in [0.3, 0.4) is 0 Å². The van der Waals surface area contributed by atoms with Crippen LogP contribution in [0.25, 0.3) is 0 Å². The van der Waals surface area contributed by atoms with Gasteiger partial charge >= 0.3 is 5.43 Å². The van der Waals surface area contributed by atoms with Crippen LogP contribution in [0.4, 0.5) is 4.79 Å². The summed E-state index contributed by atoms with van der Waals surface area (Å²) < 4.78 is 4.64. The van der Waals surface area contributed by atoms with Crippen LogP contribution in [0.1, 0.15) is 41.5 Å². The van der Waals surface area contributed by atoms with Crippen molar-refractivity contribution in [2.45, 2.75) is 53.8 Å². The molecule has 0 spiro atoms. The second-order valence-corrected chi connectivity index (χ2v) is 4.60. The van der Waals surface area contributed by atoms with E-state index in [4.69, 9.17) is 16.7 Å². The first-order valence-electron chi connectivity index (χ1n) is 5.22. The molecule has 1 N–H and O–H groups in total. The van der Waals surface area contributed by atoms with E-state index in [9.17, 15) is 4.79 Å². The molecule has 2 atom stereocenters. The Hall–Kier alpha value is -0.280. The van der Waals surface area contributed by atoms with Gasteiger partial charge in [-0.15, -0.1) is 0 Å². The van der Waals surface area contributed by atoms with Crippen molar-refractivity contribution < 1.29 is 14.6 Å². The molecule has 0 radical (unpaired) electrons. The molecule has 0 aliphatic carbocycles. The molecule has 15 heavy (non-hydrogen) atoms. The molecule has 0 aromatic heterocycles. The van der Waals surface area contributed by atoms with Gasteiger partial charge in [0.25, 0.3) is 0 Å². The van der Waals surface area contributed by atoms with E-state index in [1.807, 2.05) is 34.6 Å². The van der Waals surface area contributed by atoms with Crippen LogP contribution >= 0.6 is 11.6 Å². The minimum atomic E-state index is -0.726. The highest BCUT2D eigenvalue weighted by Gasteiger charge is 2.09. The van der Waals surface area contributed by atoms with Crippen LogP contribution in [0.5, 0.6) is 0 Å². The number of rotatable bonds is 3. The maximum Gasteiger partial charge on any atom is 0.404 e. The zero-order chi connectivity index (χ0) is 12.6. The Morgan fingerprint density at radius 1 is 1.07 bits per heavy atom. The molecule has 0 aliphatic rings. The Labute approximate surface area is 97.8 Å². The van der Waals surface area contributed by atoms with E-state index in [-0.39, 0.29) is 12.2 Å². The fraction of sp³-hybridized carbons (Fsp3) is 0.909. The summed E-state index contributed by atoms with van der Waals surface area (Å²) in [5.41, 5.74) is -0.726. The van der Waals surface area contributed by atoms with E-state index < -0.39 is 5.43 Å². The van der Waals surface area contributed by atoms with Crippen LogP contribution in [0, 0.1) is 11.8 Å². The van der Waals surface area contributed by atoms with Gasteiger partial charge in [0.15, 0.2) is 0 Å². The maximum absolute atomic E-state index is 10.1. The van der Waals surface area contributed by atoms with E-state index >= 15 is 0 Å². The highest BCUT2D eigenvalue weighted by Crippen LogP contribution is 2.06. The summed E-state index contributed by atoms with van der Waals surface area (Å²) in [5, 5.41) is 8.63. The third-order valence-electron chi connectivity index (χ3n) is 2.18. The Morgan fingerprint density at radius 3 is 1.47 bits per heavy atom. The monoisotopic (exact) mass is 238 g/mol. The predicted molar refractivity (Wildman–Crippen MR) is 63.2 cm³/mol. The molecule has 0 aliphatic heterocycles. The smallest absolute Gasteiger partial charge is 0.404 e. The fourth-order valence-electron chi connectivity index (χ4n) is 0.282. The van der Waals surface area contributed by atoms with E-state index in [0.717, 1.165) is 0 Å². The molecule has 92 valence electrons. The standard InChI is InChI=1S/C6H11ClO2.C5H12O/c1-4(2)5(3)9-6(7)8;1-4(2)5(3)6/h4-5H,1-3H3;4-6H,1-3H3. The summed E-state index contributed by atoms with van der Waals surface area (Å²) >= 11 is 4.96. The van der Waals surface area contributed by atoms with Crippen molar-refractivity contribution in [3.63, 3.8) is 0 Å². The number of aliphatic hydroxyl groups is 1. The van der Waals surface area contributed by atoms with Gasteiger partial charge in [-0.25, -0.2) is 4.79 Å². The number of hydrogen-bond donors (Lipinski definition) is 1. The van der Waals surface area contributed by atoms with Crippen LogP contribution in [0.15, 0.2) is 0 Å². The van der Waals surface area contributed by atoms with E-state index in [1.165, 1.54) is 0 Å². The van der Waals surface area contributed by atoms with Gasteiger partial charge in [0.1, 0.15) is 6.10 Å². The Kier molecular flexibility index (Phi) is 10.3. The molecule has 4 heteroatoms. The van der Waals surface area contributed by atoms with Crippen molar-refractivity contribution in [1.82, 2.24) is 0 Å². The number of carbonyl (C=O) groups is 1. The minimum absolute atomic E-state index is 0.0880. The molecule has 0 aromatic carbocycles. The van der Waals surface area contributed by atoms with E-state index in [2.05, 4.69) is 4.74 Å². The minimum Gasteiger partial charge on any atom is -0.450 e. The molecule has 0 aromatic rings. The molecule has 0 amide bonds. The number of hydrogen-bond acceptors (Lipinski definition) is 3. The highest BCUT2D eigenvalue weighted by atomic mass is 35.5. The summed E-state index contributed by atoms with van der Waals surface area (Å²) in [6, 6.07) is 0. The largest absolute Gasteiger partial charge is 0.450 e. The normalized spacial score (nSPS) is 14.3. The molecular formula is C11H23ClO3. The summed E-state index contributed by atoms with van der Waals surface area (Å²) in [4.78, 5) is 10.1. The van der Waals surface area contributed by atoms with Crippen molar-refractivity contribution in [1.29, 1.82) is 0 Å². The van der Waals surface area contributed by atoms with Gasteiger partial charge in [-0.1, -0.05) is 27.7 Å². The predicted octanol–water partition coefficient (Wildman–Crippen LogP) is 3.43. The molecule has 3 nitrogen and oxygen atoms in total. The average Bonchev–Trinajstić information content (AvgIpc) is 2.03. The third-order valence-corrected chi connectivity index (χ3v) is 2.27. The fourth-order valence-corrected chi connectivity index (χ4v) is 0.423. The highest BCUT2D eigenvalue weighted by molar-refractivity contribution is 6.61. The Balaban J connectivity index is 0. The van der Waals surface area contributed by atoms with Gasteiger partial charge in [-0.3, -0.25) is 0 Å². The second-order valence-electron chi connectivity index (χ2n) is 4.29. The van der Waals surface area contributed by atoms with Crippen LogP contribution in [0.2, 0.25) is 0 Å². The Morgan fingerprint density at radius 2 is 1.40 bits per heavy atom. The zero-order valence-electron chi connectivity index (χ0n) is 10.5. The van der Waals surface area contributed by atoms with Crippen molar-refractivity contribution in [3.8, 4) is 0 Å². The molecule has 0 fully saturated rings. The first kappa shape index (κ1) is 17.1. The van der Waals surface area contributed by atoms with Gasteiger partial charge in [0, 0.05) is 11.6 Å². The van der Waals surface area contributed by atoms with Crippen molar-refractivity contribution >= 4 is 17.0 Å². The lowest BCUT2D eigenvalue weighted by molar-refractivity contribution is 0.104. The summed E-state index contributed by atoms with van der Waals surface area (Å²) in [5.74, 6) is 0.734. The molecule has 0 bridgehead atoms. The first-order chi connectivity index (χ1) is 6.68. The number of aliphatic hydroxyl groups excluding tert-OH is 1. The Bertz CT molecular complexity index is 161. The lowest BCUT2D eigenvalue weighted by Crippen LogP contribution is -2.16. The molecule has 0 saturated carbocycles. The van der Waals surface area contributed by atoms with Crippen LogP contribution in [-0.4, -0.2) is 22.7 Å². The summed E-state index contributed by atoms with van der Waals surface area (Å²) in [6.45, 7) is 11.5.